The standard InChI is InChI=1S/C19H19N3O/c1-21-7-6-12-8-15(19(23)16(12)10-21)18-14-5-3-2-4-13(14)17-9-20-11-22(17)18/h2-7,9,11,15,18-19,23H,8,10H2,1H3/t15-,18+,19+/m1/s1. The number of imidazole rings is 1. The Kier molecular flexibility index (Phi) is 2.62. The van der Waals surface area contributed by atoms with Crippen LogP contribution in [0.5, 0.6) is 0 Å². The van der Waals surface area contributed by atoms with Gasteiger partial charge >= 0.3 is 0 Å². The van der Waals surface area contributed by atoms with Gasteiger partial charge in [0.2, 0.25) is 0 Å². The lowest BCUT2D eigenvalue weighted by Crippen LogP contribution is -2.30. The maximum atomic E-state index is 11.0. The number of aliphatic hydroxyl groups is 1. The number of nitrogens with zero attached hydrogens (tertiary/aromatic N) is 3. The van der Waals surface area contributed by atoms with Crippen LogP contribution in [0.2, 0.25) is 0 Å². The van der Waals surface area contributed by atoms with E-state index in [1.165, 1.54) is 22.3 Å². The fraction of sp³-hybridized carbons (Fsp3) is 0.316. The van der Waals surface area contributed by atoms with Crippen molar-refractivity contribution in [1.29, 1.82) is 0 Å². The number of rotatable bonds is 1. The van der Waals surface area contributed by atoms with Crippen LogP contribution in [0, 0.1) is 5.92 Å². The Morgan fingerprint density at radius 2 is 2.13 bits per heavy atom. The van der Waals surface area contributed by atoms with Gasteiger partial charge in [0.05, 0.1) is 30.4 Å². The van der Waals surface area contributed by atoms with Crippen LogP contribution in [-0.4, -0.2) is 39.3 Å². The number of aromatic nitrogens is 2. The predicted molar refractivity (Wildman–Crippen MR) is 88.7 cm³/mol. The van der Waals surface area contributed by atoms with Crippen molar-refractivity contribution in [2.24, 2.45) is 5.92 Å². The molecule has 4 nitrogen and oxygen atoms in total. The molecule has 1 aromatic carbocycles. The van der Waals surface area contributed by atoms with Crippen LogP contribution in [0.3, 0.4) is 0 Å². The highest BCUT2D eigenvalue weighted by Gasteiger charge is 2.43. The summed E-state index contributed by atoms with van der Waals surface area (Å²) in [6.45, 7) is 0.828. The van der Waals surface area contributed by atoms with Crippen molar-refractivity contribution in [1.82, 2.24) is 14.5 Å². The first-order valence-electron chi connectivity index (χ1n) is 8.13. The number of fused-ring (bicyclic) bond motifs is 3. The fourth-order valence-electron chi connectivity index (χ4n) is 4.45. The smallest absolute Gasteiger partial charge is 0.0956 e. The van der Waals surface area contributed by atoms with Gasteiger partial charge in [0, 0.05) is 25.1 Å². The molecule has 0 unspecified atom stereocenters. The minimum Gasteiger partial charge on any atom is -0.388 e. The Morgan fingerprint density at radius 1 is 1.26 bits per heavy atom. The summed E-state index contributed by atoms with van der Waals surface area (Å²) in [5.41, 5.74) is 6.22. The number of aliphatic hydroxyl groups excluding tert-OH is 1. The summed E-state index contributed by atoms with van der Waals surface area (Å²) in [4.78, 5) is 6.47. The molecule has 23 heavy (non-hydrogen) atoms. The molecular weight excluding hydrogens is 286 g/mol. The normalized spacial score (nSPS) is 28.1. The molecule has 3 aliphatic rings. The van der Waals surface area contributed by atoms with Crippen LogP contribution in [-0.2, 0) is 0 Å². The van der Waals surface area contributed by atoms with Gasteiger partial charge < -0.3 is 14.6 Å². The zero-order chi connectivity index (χ0) is 15.6. The van der Waals surface area contributed by atoms with Crippen molar-refractivity contribution in [2.45, 2.75) is 18.6 Å². The van der Waals surface area contributed by atoms with Gasteiger partial charge in [-0.05, 0) is 35.4 Å². The summed E-state index contributed by atoms with van der Waals surface area (Å²) >= 11 is 0. The van der Waals surface area contributed by atoms with Gasteiger partial charge in [0.15, 0.2) is 0 Å². The van der Waals surface area contributed by atoms with Crippen molar-refractivity contribution >= 4 is 0 Å². The molecule has 1 N–H and O–H groups in total. The summed E-state index contributed by atoms with van der Waals surface area (Å²) in [5, 5.41) is 11.0. The molecule has 0 spiro atoms. The lowest BCUT2D eigenvalue weighted by Gasteiger charge is -2.27. The second-order valence-corrected chi connectivity index (χ2v) is 6.81. The molecule has 3 heterocycles. The fourth-order valence-corrected chi connectivity index (χ4v) is 4.45. The van der Waals surface area contributed by atoms with Gasteiger partial charge in [-0.15, -0.1) is 0 Å². The predicted octanol–water partition coefficient (Wildman–Crippen LogP) is 2.59. The molecule has 3 atom stereocenters. The van der Waals surface area contributed by atoms with Crippen LogP contribution >= 0.6 is 0 Å². The number of hydrogen-bond donors (Lipinski definition) is 1. The van der Waals surface area contributed by atoms with E-state index in [-0.39, 0.29) is 18.1 Å². The van der Waals surface area contributed by atoms with E-state index in [0.717, 1.165) is 18.7 Å². The van der Waals surface area contributed by atoms with E-state index in [9.17, 15) is 5.11 Å². The molecule has 5 rings (SSSR count). The first-order chi connectivity index (χ1) is 11.2. The number of allylic oxidation sites excluding steroid dienone is 2. The molecule has 0 fully saturated rings. The zero-order valence-corrected chi connectivity index (χ0v) is 13.1. The summed E-state index contributed by atoms with van der Waals surface area (Å²) in [7, 11) is 2.05. The number of hydrogen-bond acceptors (Lipinski definition) is 3. The van der Waals surface area contributed by atoms with Crippen molar-refractivity contribution in [3.8, 4) is 11.3 Å². The van der Waals surface area contributed by atoms with E-state index < -0.39 is 0 Å². The van der Waals surface area contributed by atoms with E-state index in [0.29, 0.717) is 0 Å². The van der Waals surface area contributed by atoms with Crippen LogP contribution in [0.25, 0.3) is 11.3 Å². The molecule has 116 valence electrons. The Balaban J connectivity index is 1.58. The van der Waals surface area contributed by atoms with E-state index in [4.69, 9.17) is 0 Å². The van der Waals surface area contributed by atoms with Crippen LogP contribution < -0.4 is 0 Å². The van der Waals surface area contributed by atoms with Gasteiger partial charge in [0.25, 0.3) is 0 Å². The lowest BCUT2D eigenvalue weighted by molar-refractivity contribution is 0.127. The molecule has 1 aliphatic carbocycles. The molecule has 1 aromatic heterocycles. The maximum Gasteiger partial charge on any atom is 0.0956 e. The maximum absolute atomic E-state index is 11.0. The van der Waals surface area contributed by atoms with Crippen LogP contribution in [0.4, 0.5) is 0 Å². The third kappa shape index (κ3) is 1.72. The topological polar surface area (TPSA) is 41.3 Å². The first kappa shape index (κ1) is 13.1. The average Bonchev–Trinajstić information content (AvgIpc) is 3.22. The zero-order valence-electron chi connectivity index (χ0n) is 13.1. The molecule has 2 aliphatic heterocycles. The Hall–Kier alpha value is -2.33. The summed E-state index contributed by atoms with van der Waals surface area (Å²) < 4.78 is 2.24. The molecule has 0 saturated carbocycles. The summed E-state index contributed by atoms with van der Waals surface area (Å²) in [6.07, 6.45) is 8.66. The van der Waals surface area contributed by atoms with Crippen molar-refractivity contribution < 1.29 is 5.11 Å². The van der Waals surface area contributed by atoms with E-state index in [2.05, 4.69) is 58.0 Å². The highest BCUT2D eigenvalue weighted by atomic mass is 16.3. The molecule has 4 heteroatoms. The van der Waals surface area contributed by atoms with E-state index in [1.54, 1.807) is 0 Å². The van der Waals surface area contributed by atoms with E-state index in [1.807, 2.05) is 12.5 Å². The van der Waals surface area contributed by atoms with Gasteiger partial charge in [-0.2, -0.15) is 0 Å². The Morgan fingerprint density at radius 3 is 3.04 bits per heavy atom. The SMILES string of the molecule is CN1C=CC2=C(C1)[C@@H](O)[C@@H]([C@@H]1c3ccccc3-c3cncn31)C2. The number of likely N-dealkylation sites (N-methyl/N-ethyl adjacent to an activating group) is 1. The first-order valence-corrected chi connectivity index (χ1v) is 8.13. The molecule has 0 amide bonds. The quantitative estimate of drug-likeness (QED) is 0.880. The minimum absolute atomic E-state index is 0.169. The molecule has 0 saturated heterocycles. The molecule has 0 bridgehead atoms. The number of benzene rings is 1. The monoisotopic (exact) mass is 305 g/mol. The summed E-state index contributed by atoms with van der Waals surface area (Å²) in [5.74, 6) is 0.174. The summed E-state index contributed by atoms with van der Waals surface area (Å²) in [6, 6.07) is 8.69. The second kappa shape index (κ2) is 4.59. The van der Waals surface area contributed by atoms with Crippen molar-refractivity contribution in [3.63, 3.8) is 0 Å². The largest absolute Gasteiger partial charge is 0.388 e. The third-order valence-electron chi connectivity index (χ3n) is 5.51. The van der Waals surface area contributed by atoms with Gasteiger partial charge in [-0.1, -0.05) is 24.3 Å². The Bertz CT molecular complexity index is 848. The van der Waals surface area contributed by atoms with Gasteiger partial charge in [-0.3, -0.25) is 0 Å². The molecule has 2 aromatic rings. The van der Waals surface area contributed by atoms with Gasteiger partial charge in [0.1, 0.15) is 0 Å². The van der Waals surface area contributed by atoms with Crippen LogP contribution in [0.1, 0.15) is 18.0 Å². The Labute approximate surface area is 135 Å². The second-order valence-electron chi connectivity index (χ2n) is 6.81. The van der Waals surface area contributed by atoms with Crippen LogP contribution in [0.15, 0.2) is 60.2 Å². The minimum atomic E-state index is -0.385. The molecule has 0 radical (unpaired) electrons. The van der Waals surface area contributed by atoms with Crippen molar-refractivity contribution in [3.05, 3.63) is 65.8 Å². The van der Waals surface area contributed by atoms with E-state index >= 15 is 0 Å². The average molecular weight is 305 g/mol. The van der Waals surface area contributed by atoms with Gasteiger partial charge in [-0.25, -0.2) is 4.98 Å². The molecular formula is C19H19N3O. The highest BCUT2D eigenvalue weighted by molar-refractivity contribution is 5.69. The lowest BCUT2D eigenvalue weighted by atomic mass is 9.88. The highest BCUT2D eigenvalue weighted by Crippen LogP contribution is 2.49. The third-order valence-corrected chi connectivity index (χ3v) is 5.51. The van der Waals surface area contributed by atoms with Crippen molar-refractivity contribution in [2.75, 3.05) is 13.6 Å².